The maximum atomic E-state index is 13.4. The first-order valence-electron chi connectivity index (χ1n) is 12.4. The molecular formula is C30H27N3O6S. The number of aliphatic hydroxyl groups is 1. The van der Waals surface area contributed by atoms with E-state index in [1.165, 1.54) is 30.5 Å². The number of anilines is 1. The van der Waals surface area contributed by atoms with Gasteiger partial charge < -0.3 is 19.3 Å². The van der Waals surface area contributed by atoms with Gasteiger partial charge in [0.05, 0.1) is 25.8 Å². The zero-order valence-electron chi connectivity index (χ0n) is 22.4. The van der Waals surface area contributed by atoms with Crippen molar-refractivity contribution in [1.82, 2.24) is 10.2 Å². The molecular weight excluding hydrogens is 530 g/mol. The number of aromatic nitrogens is 2. The van der Waals surface area contributed by atoms with Crippen molar-refractivity contribution in [2.24, 2.45) is 0 Å². The fourth-order valence-electron chi connectivity index (χ4n) is 4.55. The van der Waals surface area contributed by atoms with Gasteiger partial charge in [0.15, 0.2) is 11.5 Å². The van der Waals surface area contributed by atoms with Gasteiger partial charge in [-0.25, -0.2) is 0 Å². The standard InChI is InChI=1S/C30H27N3O6S/c1-17-7-5-6-8-21(17)16-39-22-12-9-19(10-13-22)27(34)25-26(20-11-14-23(37-3)24(15-20)38-4)33(29(36)28(25)35)30-32-31-18(2)40-30/h5-15,26,34H,16H2,1-4H3. The Labute approximate surface area is 235 Å². The monoisotopic (exact) mass is 557 g/mol. The van der Waals surface area contributed by atoms with Gasteiger partial charge in [-0.3, -0.25) is 14.5 Å². The van der Waals surface area contributed by atoms with Crippen molar-refractivity contribution in [3.8, 4) is 17.2 Å². The number of nitrogens with zero attached hydrogens (tertiary/aromatic N) is 3. The number of aliphatic hydroxyl groups excluding tert-OH is 1. The molecule has 1 aromatic heterocycles. The van der Waals surface area contributed by atoms with Crippen LogP contribution in [0.15, 0.2) is 72.3 Å². The van der Waals surface area contributed by atoms with Gasteiger partial charge >= 0.3 is 5.91 Å². The second kappa shape index (κ2) is 11.2. The SMILES string of the molecule is COc1ccc(C2C(=C(O)c3ccc(OCc4ccccc4C)cc3)C(=O)C(=O)N2c2nnc(C)s2)cc1OC. The van der Waals surface area contributed by atoms with E-state index in [9.17, 15) is 14.7 Å². The predicted octanol–water partition coefficient (Wildman–Crippen LogP) is 5.38. The number of rotatable bonds is 8. The van der Waals surface area contributed by atoms with Crippen LogP contribution >= 0.6 is 11.3 Å². The van der Waals surface area contributed by atoms with Gasteiger partial charge in [-0.15, -0.1) is 10.2 Å². The van der Waals surface area contributed by atoms with Crippen molar-refractivity contribution < 1.29 is 28.9 Å². The van der Waals surface area contributed by atoms with Gasteiger partial charge in [-0.1, -0.05) is 41.7 Å². The predicted molar refractivity (Wildman–Crippen MR) is 151 cm³/mol. The first kappa shape index (κ1) is 26.9. The minimum atomic E-state index is -0.968. The third-order valence-electron chi connectivity index (χ3n) is 6.67. The number of hydrogen-bond acceptors (Lipinski definition) is 9. The van der Waals surface area contributed by atoms with Crippen LogP contribution in [0.2, 0.25) is 0 Å². The molecule has 2 heterocycles. The summed E-state index contributed by atoms with van der Waals surface area (Å²) in [6.45, 7) is 4.17. The molecule has 0 saturated carbocycles. The molecule has 1 fully saturated rings. The number of amides is 1. The minimum Gasteiger partial charge on any atom is -0.507 e. The van der Waals surface area contributed by atoms with E-state index in [2.05, 4.69) is 10.2 Å². The summed E-state index contributed by atoms with van der Waals surface area (Å²) in [7, 11) is 3.01. The largest absolute Gasteiger partial charge is 0.507 e. The van der Waals surface area contributed by atoms with E-state index >= 15 is 0 Å². The number of methoxy groups -OCH3 is 2. The lowest BCUT2D eigenvalue weighted by molar-refractivity contribution is -0.132. The van der Waals surface area contributed by atoms with Gasteiger partial charge in [0.25, 0.3) is 5.78 Å². The molecule has 1 aliphatic heterocycles. The number of aryl methyl sites for hydroxylation is 2. The normalized spacial score (nSPS) is 16.3. The quantitative estimate of drug-likeness (QED) is 0.175. The van der Waals surface area contributed by atoms with E-state index < -0.39 is 17.7 Å². The molecule has 4 aromatic rings. The molecule has 1 N–H and O–H groups in total. The lowest BCUT2D eigenvalue weighted by Gasteiger charge is -2.23. The Morgan fingerprint density at radius 1 is 0.950 bits per heavy atom. The molecule has 204 valence electrons. The van der Waals surface area contributed by atoms with Crippen LogP contribution in [0.25, 0.3) is 5.76 Å². The van der Waals surface area contributed by atoms with Crippen LogP contribution in [-0.4, -0.2) is 41.2 Å². The number of carbonyl (C=O) groups excluding carboxylic acids is 2. The zero-order valence-corrected chi connectivity index (χ0v) is 23.2. The van der Waals surface area contributed by atoms with Crippen LogP contribution in [0.1, 0.15) is 33.3 Å². The number of hydrogen-bond donors (Lipinski definition) is 1. The topological polar surface area (TPSA) is 111 Å². The molecule has 10 heteroatoms. The molecule has 5 rings (SSSR count). The summed E-state index contributed by atoms with van der Waals surface area (Å²) >= 11 is 1.18. The summed E-state index contributed by atoms with van der Waals surface area (Å²) in [4.78, 5) is 28.0. The highest BCUT2D eigenvalue weighted by Gasteiger charge is 2.48. The summed E-state index contributed by atoms with van der Waals surface area (Å²) in [5.74, 6) is -0.459. The van der Waals surface area contributed by atoms with Crippen molar-refractivity contribution >= 4 is 33.9 Å². The average Bonchev–Trinajstić information content (AvgIpc) is 3.51. The van der Waals surface area contributed by atoms with Crippen molar-refractivity contribution in [2.75, 3.05) is 19.1 Å². The van der Waals surface area contributed by atoms with E-state index in [4.69, 9.17) is 14.2 Å². The fraction of sp³-hybridized carbons (Fsp3) is 0.200. The van der Waals surface area contributed by atoms with E-state index in [0.717, 1.165) is 11.1 Å². The van der Waals surface area contributed by atoms with Crippen LogP contribution in [0.3, 0.4) is 0 Å². The molecule has 0 bridgehead atoms. The summed E-state index contributed by atoms with van der Waals surface area (Å²) in [6, 6.07) is 18.8. The highest BCUT2D eigenvalue weighted by molar-refractivity contribution is 7.15. The molecule has 0 radical (unpaired) electrons. The Bertz CT molecular complexity index is 1610. The molecule has 1 aliphatic rings. The van der Waals surface area contributed by atoms with Crippen LogP contribution in [0.4, 0.5) is 5.13 Å². The van der Waals surface area contributed by atoms with Crippen LogP contribution < -0.4 is 19.1 Å². The lowest BCUT2D eigenvalue weighted by atomic mass is 9.95. The van der Waals surface area contributed by atoms with Crippen molar-refractivity contribution in [1.29, 1.82) is 0 Å². The molecule has 1 atom stereocenters. The maximum Gasteiger partial charge on any atom is 0.301 e. The number of carbonyl (C=O) groups is 2. The minimum absolute atomic E-state index is 0.0707. The Morgan fingerprint density at radius 2 is 1.68 bits per heavy atom. The number of Topliss-reactive ketones (excluding diaryl/α,β-unsaturated/α-hetero) is 1. The Hall–Kier alpha value is -4.70. The molecule has 0 aliphatic carbocycles. The Kier molecular flexibility index (Phi) is 7.52. The van der Waals surface area contributed by atoms with Crippen molar-refractivity contribution in [3.63, 3.8) is 0 Å². The van der Waals surface area contributed by atoms with Gasteiger partial charge in [0.1, 0.15) is 23.1 Å². The van der Waals surface area contributed by atoms with E-state index in [1.54, 1.807) is 49.4 Å². The average molecular weight is 558 g/mol. The van der Waals surface area contributed by atoms with Crippen molar-refractivity contribution in [3.05, 3.63) is 99.6 Å². The number of ketones is 1. The third kappa shape index (κ3) is 5.01. The van der Waals surface area contributed by atoms with E-state index in [1.807, 2.05) is 31.2 Å². The zero-order chi connectivity index (χ0) is 28.4. The van der Waals surface area contributed by atoms with Crippen LogP contribution in [0.5, 0.6) is 17.2 Å². The molecule has 40 heavy (non-hydrogen) atoms. The smallest absolute Gasteiger partial charge is 0.301 e. The molecule has 9 nitrogen and oxygen atoms in total. The highest BCUT2D eigenvalue weighted by Crippen LogP contribution is 2.44. The van der Waals surface area contributed by atoms with Crippen molar-refractivity contribution in [2.45, 2.75) is 26.5 Å². The first-order valence-corrected chi connectivity index (χ1v) is 13.2. The molecule has 1 unspecified atom stereocenters. The highest BCUT2D eigenvalue weighted by atomic mass is 32.1. The van der Waals surface area contributed by atoms with E-state index in [0.29, 0.717) is 40.0 Å². The number of ether oxygens (including phenoxy) is 3. The molecule has 1 saturated heterocycles. The molecule has 3 aromatic carbocycles. The molecule has 1 amide bonds. The van der Waals surface area contributed by atoms with Gasteiger partial charge in [0.2, 0.25) is 5.13 Å². The van der Waals surface area contributed by atoms with E-state index in [-0.39, 0.29) is 16.5 Å². The Balaban J connectivity index is 1.54. The summed E-state index contributed by atoms with van der Waals surface area (Å²) < 4.78 is 16.7. The third-order valence-corrected chi connectivity index (χ3v) is 7.51. The number of benzene rings is 3. The summed E-state index contributed by atoms with van der Waals surface area (Å²) in [5.41, 5.74) is 3.02. The van der Waals surface area contributed by atoms with Gasteiger partial charge in [-0.2, -0.15) is 0 Å². The maximum absolute atomic E-state index is 13.4. The second-order valence-corrected chi connectivity index (χ2v) is 10.3. The summed E-state index contributed by atoms with van der Waals surface area (Å²) in [5, 5.41) is 20.4. The van der Waals surface area contributed by atoms with Gasteiger partial charge in [-0.05, 0) is 66.9 Å². The Morgan fingerprint density at radius 3 is 2.33 bits per heavy atom. The van der Waals surface area contributed by atoms with Crippen LogP contribution in [-0.2, 0) is 16.2 Å². The first-order chi connectivity index (χ1) is 19.3. The lowest BCUT2D eigenvalue weighted by Crippen LogP contribution is -2.29. The van der Waals surface area contributed by atoms with Crippen LogP contribution in [0, 0.1) is 13.8 Å². The fourth-order valence-corrected chi connectivity index (χ4v) is 5.26. The summed E-state index contributed by atoms with van der Waals surface area (Å²) in [6.07, 6.45) is 0. The molecule has 0 spiro atoms. The van der Waals surface area contributed by atoms with Gasteiger partial charge in [0, 0.05) is 5.56 Å². The second-order valence-electron chi connectivity index (χ2n) is 9.13.